The topological polar surface area (TPSA) is 30.9 Å². The van der Waals surface area contributed by atoms with E-state index in [4.69, 9.17) is 5.73 Å². The standard InChI is InChI=1S/C16H24N2/c1-4-11-18-13(3)14(9-6-10-17)15-8-5-7-12(2)16(15)18/h5,7-8H,4,6,9-11,17H2,1-3H3. The zero-order valence-electron chi connectivity index (χ0n) is 11.8. The Hall–Kier alpha value is -1.28. The van der Waals surface area contributed by atoms with Crippen molar-refractivity contribution < 1.29 is 0 Å². The van der Waals surface area contributed by atoms with E-state index >= 15 is 0 Å². The molecule has 2 rings (SSSR count). The van der Waals surface area contributed by atoms with Crippen LogP contribution < -0.4 is 5.73 Å². The van der Waals surface area contributed by atoms with Crippen molar-refractivity contribution in [3.63, 3.8) is 0 Å². The van der Waals surface area contributed by atoms with Gasteiger partial charge in [-0.2, -0.15) is 0 Å². The first-order chi connectivity index (χ1) is 8.70. The predicted molar refractivity (Wildman–Crippen MR) is 79.1 cm³/mol. The van der Waals surface area contributed by atoms with Crippen molar-refractivity contribution in [2.45, 2.75) is 46.6 Å². The second-order valence-electron chi connectivity index (χ2n) is 5.08. The maximum atomic E-state index is 5.66. The number of hydrogen-bond donors (Lipinski definition) is 1. The molecule has 0 spiro atoms. The van der Waals surface area contributed by atoms with Gasteiger partial charge in [0.15, 0.2) is 0 Å². The molecule has 0 atom stereocenters. The van der Waals surface area contributed by atoms with Gasteiger partial charge >= 0.3 is 0 Å². The maximum absolute atomic E-state index is 5.66. The van der Waals surface area contributed by atoms with E-state index in [-0.39, 0.29) is 0 Å². The van der Waals surface area contributed by atoms with Crippen molar-refractivity contribution >= 4 is 10.9 Å². The molecule has 2 aromatic rings. The first-order valence-electron chi connectivity index (χ1n) is 6.98. The summed E-state index contributed by atoms with van der Waals surface area (Å²) in [4.78, 5) is 0. The van der Waals surface area contributed by atoms with Crippen molar-refractivity contribution in [2.24, 2.45) is 5.73 Å². The van der Waals surface area contributed by atoms with Gasteiger partial charge in [0, 0.05) is 17.6 Å². The molecule has 0 fully saturated rings. The third-order valence-corrected chi connectivity index (χ3v) is 3.75. The lowest BCUT2D eigenvalue weighted by molar-refractivity contribution is 0.678. The molecular formula is C16H24N2. The molecule has 0 radical (unpaired) electrons. The summed E-state index contributed by atoms with van der Waals surface area (Å²) in [7, 11) is 0. The normalized spacial score (nSPS) is 11.3. The van der Waals surface area contributed by atoms with Crippen molar-refractivity contribution in [1.82, 2.24) is 4.57 Å². The molecule has 0 bridgehead atoms. The molecule has 98 valence electrons. The number of nitrogens with zero attached hydrogens (tertiary/aromatic N) is 1. The summed E-state index contributed by atoms with van der Waals surface area (Å²) in [6.45, 7) is 8.58. The zero-order valence-corrected chi connectivity index (χ0v) is 11.8. The fraction of sp³-hybridized carbons (Fsp3) is 0.500. The Morgan fingerprint density at radius 3 is 2.67 bits per heavy atom. The van der Waals surface area contributed by atoms with Gasteiger partial charge in [0.25, 0.3) is 0 Å². The van der Waals surface area contributed by atoms with Crippen LogP contribution in [-0.2, 0) is 13.0 Å². The molecule has 1 heterocycles. The van der Waals surface area contributed by atoms with E-state index in [0.29, 0.717) is 0 Å². The fourth-order valence-electron chi connectivity index (χ4n) is 2.88. The van der Waals surface area contributed by atoms with Gasteiger partial charge in [-0.15, -0.1) is 0 Å². The Labute approximate surface area is 110 Å². The van der Waals surface area contributed by atoms with E-state index in [2.05, 4.69) is 43.5 Å². The highest BCUT2D eigenvalue weighted by Gasteiger charge is 2.14. The number of rotatable bonds is 5. The summed E-state index contributed by atoms with van der Waals surface area (Å²) < 4.78 is 2.48. The van der Waals surface area contributed by atoms with Crippen LogP contribution in [0.4, 0.5) is 0 Å². The van der Waals surface area contributed by atoms with Gasteiger partial charge in [0.1, 0.15) is 0 Å². The van der Waals surface area contributed by atoms with E-state index in [1.807, 2.05) is 0 Å². The van der Waals surface area contributed by atoms with E-state index in [1.54, 1.807) is 0 Å². The van der Waals surface area contributed by atoms with Crippen LogP contribution in [-0.4, -0.2) is 11.1 Å². The largest absolute Gasteiger partial charge is 0.344 e. The van der Waals surface area contributed by atoms with Gasteiger partial charge in [-0.3, -0.25) is 0 Å². The summed E-state index contributed by atoms with van der Waals surface area (Å²) in [5.41, 5.74) is 11.4. The molecule has 0 saturated carbocycles. The van der Waals surface area contributed by atoms with Crippen LogP contribution in [0.25, 0.3) is 10.9 Å². The van der Waals surface area contributed by atoms with Crippen LogP contribution in [0.2, 0.25) is 0 Å². The van der Waals surface area contributed by atoms with Crippen LogP contribution in [0.1, 0.15) is 36.6 Å². The maximum Gasteiger partial charge on any atom is 0.0514 e. The van der Waals surface area contributed by atoms with Crippen molar-refractivity contribution in [3.8, 4) is 0 Å². The minimum Gasteiger partial charge on any atom is -0.344 e. The van der Waals surface area contributed by atoms with Gasteiger partial charge in [0.05, 0.1) is 5.52 Å². The first-order valence-corrected chi connectivity index (χ1v) is 6.98. The number of para-hydroxylation sites is 1. The molecule has 0 unspecified atom stereocenters. The predicted octanol–water partition coefficient (Wildman–Crippen LogP) is 3.56. The number of hydrogen-bond acceptors (Lipinski definition) is 1. The van der Waals surface area contributed by atoms with Crippen LogP contribution in [0, 0.1) is 13.8 Å². The lowest BCUT2D eigenvalue weighted by Gasteiger charge is -2.08. The molecule has 2 nitrogen and oxygen atoms in total. The first kappa shape index (κ1) is 13.2. The van der Waals surface area contributed by atoms with Gasteiger partial charge in [-0.1, -0.05) is 25.1 Å². The molecule has 0 aliphatic carbocycles. The van der Waals surface area contributed by atoms with Crippen LogP contribution in [0.3, 0.4) is 0 Å². The molecule has 0 aliphatic rings. The summed E-state index contributed by atoms with van der Waals surface area (Å²) in [6.07, 6.45) is 3.34. The van der Waals surface area contributed by atoms with E-state index in [1.165, 1.54) is 34.1 Å². The smallest absolute Gasteiger partial charge is 0.0514 e. The van der Waals surface area contributed by atoms with Gasteiger partial charge in [-0.05, 0) is 50.8 Å². The highest BCUT2D eigenvalue weighted by molar-refractivity contribution is 5.88. The lowest BCUT2D eigenvalue weighted by Crippen LogP contribution is -2.03. The zero-order chi connectivity index (χ0) is 13.1. The SMILES string of the molecule is CCCn1c(C)c(CCCN)c2cccc(C)c21. The molecule has 2 N–H and O–H groups in total. The Kier molecular flexibility index (Phi) is 4.07. The third kappa shape index (κ3) is 2.17. The average Bonchev–Trinajstić information content (AvgIpc) is 2.62. The Morgan fingerprint density at radius 2 is 2.00 bits per heavy atom. The fourth-order valence-corrected chi connectivity index (χ4v) is 2.88. The number of nitrogens with two attached hydrogens (primary N) is 1. The Morgan fingerprint density at radius 1 is 1.22 bits per heavy atom. The molecule has 2 heteroatoms. The van der Waals surface area contributed by atoms with E-state index in [0.717, 1.165) is 25.9 Å². The van der Waals surface area contributed by atoms with Crippen molar-refractivity contribution in [2.75, 3.05) is 6.54 Å². The highest BCUT2D eigenvalue weighted by atomic mass is 15.0. The third-order valence-electron chi connectivity index (χ3n) is 3.75. The van der Waals surface area contributed by atoms with Crippen molar-refractivity contribution in [1.29, 1.82) is 0 Å². The quantitative estimate of drug-likeness (QED) is 0.856. The highest BCUT2D eigenvalue weighted by Crippen LogP contribution is 2.29. The van der Waals surface area contributed by atoms with E-state index < -0.39 is 0 Å². The minimum absolute atomic E-state index is 0.770. The van der Waals surface area contributed by atoms with Crippen LogP contribution >= 0.6 is 0 Å². The number of aromatic nitrogens is 1. The van der Waals surface area contributed by atoms with Gasteiger partial charge in [0.2, 0.25) is 0 Å². The summed E-state index contributed by atoms with van der Waals surface area (Å²) in [5, 5.41) is 1.43. The van der Waals surface area contributed by atoms with Crippen molar-refractivity contribution in [3.05, 3.63) is 35.0 Å². The Balaban J connectivity index is 2.62. The molecule has 0 saturated heterocycles. The van der Waals surface area contributed by atoms with Crippen LogP contribution in [0.15, 0.2) is 18.2 Å². The second-order valence-corrected chi connectivity index (χ2v) is 5.08. The van der Waals surface area contributed by atoms with Crippen LogP contribution in [0.5, 0.6) is 0 Å². The molecule has 1 aromatic heterocycles. The lowest BCUT2D eigenvalue weighted by atomic mass is 10.0. The number of fused-ring (bicyclic) bond motifs is 1. The second kappa shape index (κ2) is 5.57. The molecule has 0 aliphatic heterocycles. The van der Waals surface area contributed by atoms with Gasteiger partial charge < -0.3 is 10.3 Å². The molecule has 1 aromatic carbocycles. The molecule has 0 amide bonds. The van der Waals surface area contributed by atoms with E-state index in [9.17, 15) is 0 Å². The summed E-state index contributed by atoms with van der Waals surface area (Å²) >= 11 is 0. The summed E-state index contributed by atoms with van der Waals surface area (Å²) in [5.74, 6) is 0. The number of benzene rings is 1. The minimum atomic E-state index is 0.770. The summed E-state index contributed by atoms with van der Waals surface area (Å²) in [6, 6.07) is 6.63. The monoisotopic (exact) mass is 244 g/mol. The molecular weight excluding hydrogens is 220 g/mol. The number of aryl methyl sites for hydroxylation is 3. The Bertz CT molecular complexity index is 538. The van der Waals surface area contributed by atoms with Gasteiger partial charge in [-0.25, -0.2) is 0 Å². The average molecular weight is 244 g/mol. The molecule has 18 heavy (non-hydrogen) atoms.